The second kappa shape index (κ2) is 5.86. The van der Waals surface area contributed by atoms with Crippen LogP contribution in [0.4, 0.5) is 5.69 Å². The largest absolute Gasteiger partial charge is 0.313 e. The van der Waals surface area contributed by atoms with Crippen LogP contribution in [-0.2, 0) is 7.05 Å². The molecule has 25 heavy (non-hydrogen) atoms. The molecule has 2 aromatic heterocycles. The molecule has 6 nitrogen and oxygen atoms in total. The zero-order valence-electron chi connectivity index (χ0n) is 13.3. The number of non-ortho nitro benzene ring substituents is 1. The molecule has 2 aromatic carbocycles. The van der Waals surface area contributed by atoms with Gasteiger partial charge < -0.3 is 4.57 Å². The van der Waals surface area contributed by atoms with Crippen LogP contribution >= 0.6 is 15.9 Å². The van der Waals surface area contributed by atoms with Gasteiger partial charge in [0.1, 0.15) is 0 Å². The normalized spacial score (nSPS) is 11.1. The number of aryl methyl sites for hydroxylation is 1. The number of hydrogen-bond acceptors (Lipinski definition) is 3. The Hall–Kier alpha value is -2.93. The Bertz CT molecular complexity index is 1110. The minimum absolute atomic E-state index is 0.0752. The van der Waals surface area contributed by atoms with Crippen LogP contribution in [0, 0.1) is 10.1 Å². The van der Waals surface area contributed by atoms with Crippen LogP contribution in [0.5, 0.6) is 0 Å². The molecule has 0 aliphatic rings. The van der Waals surface area contributed by atoms with Gasteiger partial charge in [0, 0.05) is 47.2 Å². The number of nitrogens with zero attached hydrogens (tertiary/aromatic N) is 4. The zero-order valence-corrected chi connectivity index (χ0v) is 14.8. The third-order valence-corrected chi connectivity index (χ3v) is 4.60. The second-order valence-electron chi connectivity index (χ2n) is 5.72. The van der Waals surface area contributed by atoms with E-state index in [1.807, 2.05) is 58.7 Å². The van der Waals surface area contributed by atoms with Crippen molar-refractivity contribution in [2.45, 2.75) is 0 Å². The summed E-state index contributed by atoms with van der Waals surface area (Å²) in [5.74, 6) is 0.775. The fourth-order valence-electron chi connectivity index (χ4n) is 2.89. The highest BCUT2D eigenvalue weighted by molar-refractivity contribution is 9.10. The van der Waals surface area contributed by atoms with Gasteiger partial charge in [-0.05, 0) is 12.1 Å². The van der Waals surface area contributed by atoms with Gasteiger partial charge in [0.05, 0.1) is 16.3 Å². The van der Waals surface area contributed by atoms with Gasteiger partial charge in [-0.25, -0.2) is 4.98 Å². The highest BCUT2D eigenvalue weighted by Gasteiger charge is 2.14. The van der Waals surface area contributed by atoms with Crippen LogP contribution in [0.25, 0.3) is 28.3 Å². The first-order chi connectivity index (χ1) is 12.0. The van der Waals surface area contributed by atoms with Gasteiger partial charge in [0.2, 0.25) is 5.78 Å². The van der Waals surface area contributed by atoms with E-state index in [1.54, 1.807) is 12.1 Å². The summed E-state index contributed by atoms with van der Waals surface area (Å²) >= 11 is 3.47. The maximum atomic E-state index is 11.0. The lowest BCUT2D eigenvalue weighted by molar-refractivity contribution is -0.384. The van der Waals surface area contributed by atoms with Crippen LogP contribution in [0.1, 0.15) is 0 Å². The first kappa shape index (κ1) is 15.6. The minimum atomic E-state index is -0.386. The van der Waals surface area contributed by atoms with Crippen LogP contribution in [0.15, 0.2) is 65.4 Å². The number of fused-ring (bicyclic) bond motifs is 1. The van der Waals surface area contributed by atoms with Crippen molar-refractivity contribution >= 4 is 27.4 Å². The van der Waals surface area contributed by atoms with Crippen molar-refractivity contribution in [1.82, 2.24) is 14.0 Å². The van der Waals surface area contributed by atoms with Crippen LogP contribution in [0.3, 0.4) is 0 Å². The molecular weight excluding hydrogens is 384 g/mol. The Balaban J connectivity index is 1.81. The van der Waals surface area contributed by atoms with Gasteiger partial charge >= 0.3 is 0 Å². The van der Waals surface area contributed by atoms with Gasteiger partial charge in [0.25, 0.3) is 5.69 Å². The van der Waals surface area contributed by atoms with Crippen molar-refractivity contribution in [3.8, 4) is 22.5 Å². The van der Waals surface area contributed by atoms with Crippen molar-refractivity contribution in [1.29, 1.82) is 0 Å². The molecule has 4 rings (SSSR count). The van der Waals surface area contributed by atoms with Crippen molar-refractivity contribution < 1.29 is 4.92 Å². The number of nitro benzene ring substituents is 1. The Morgan fingerprint density at radius 3 is 2.56 bits per heavy atom. The zero-order chi connectivity index (χ0) is 17.6. The predicted molar refractivity (Wildman–Crippen MR) is 99.4 cm³/mol. The number of halogens is 1. The molecule has 0 spiro atoms. The Labute approximate surface area is 151 Å². The van der Waals surface area contributed by atoms with Crippen molar-refractivity contribution in [2.75, 3.05) is 0 Å². The lowest BCUT2D eigenvalue weighted by Crippen LogP contribution is -1.94. The number of aromatic nitrogens is 3. The Morgan fingerprint density at radius 2 is 1.84 bits per heavy atom. The average Bonchev–Trinajstić information content (AvgIpc) is 3.15. The van der Waals surface area contributed by atoms with E-state index in [4.69, 9.17) is 4.98 Å². The van der Waals surface area contributed by atoms with Gasteiger partial charge in [-0.1, -0.05) is 40.2 Å². The molecule has 0 N–H and O–H groups in total. The predicted octanol–water partition coefficient (Wildman–Crippen LogP) is 4.68. The molecule has 4 aromatic rings. The second-order valence-corrected chi connectivity index (χ2v) is 6.64. The van der Waals surface area contributed by atoms with E-state index in [9.17, 15) is 10.1 Å². The highest BCUT2D eigenvalue weighted by atomic mass is 79.9. The van der Waals surface area contributed by atoms with Gasteiger partial charge in [0.15, 0.2) is 0 Å². The maximum Gasteiger partial charge on any atom is 0.270 e. The summed E-state index contributed by atoms with van der Waals surface area (Å²) in [4.78, 5) is 15.3. The van der Waals surface area contributed by atoms with E-state index < -0.39 is 0 Å². The van der Waals surface area contributed by atoms with Gasteiger partial charge in [-0.3, -0.25) is 14.5 Å². The molecule has 0 radical (unpaired) electrons. The van der Waals surface area contributed by atoms with E-state index in [0.29, 0.717) is 0 Å². The van der Waals surface area contributed by atoms with E-state index in [1.165, 1.54) is 6.07 Å². The number of nitro groups is 1. The summed E-state index contributed by atoms with van der Waals surface area (Å²) in [6.45, 7) is 0. The molecule has 124 valence electrons. The monoisotopic (exact) mass is 396 g/mol. The first-order valence-electron chi connectivity index (χ1n) is 7.58. The molecule has 0 amide bonds. The van der Waals surface area contributed by atoms with Crippen molar-refractivity contribution in [3.05, 3.63) is 75.5 Å². The molecule has 0 atom stereocenters. The summed E-state index contributed by atoms with van der Waals surface area (Å²) in [7, 11) is 1.90. The summed E-state index contributed by atoms with van der Waals surface area (Å²) < 4.78 is 4.87. The Kier molecular flexibility index (Phi) is 3.65. The summed E-state index contributed by atoms with van der Waals surface area (Å²) in [5, 5.41) is 11.0. The topological polar surface area (TPSA) is 65.4 Å². The first-order valence-corrected chi connectivity index (χ1v) is 8.37. The SMILES string of the molecule is Cn1c(-c2cccc([N+](=O)[O-])c2)cn2cc(-c3cccc(Br)c3)nc12. The summed E-state index contributed by atoms with van der Waals surface area (Å²) in [6, 6.07) is 14.6. The minimum Gasteiger partial charge on any atom is -0.313 e. The number of hydrogen-bond donors (Lipinski definition) is 0. The van der Waals surface area contributed by atoms with Gasteiger partial charge in [-0.2, -0.15) is 0 Å². The molecule has 0 aliphatic heterocycles. The Morgan fingerprint density at radius 1 is 1.08 bits per heavy atom. The molecule has 0 saturated carbocycles. The number of rotatable bonds is 3. The van der Waals surface area contributed by atoms with Gasteiger partial charge in [-0.15, -0.1) is 0 Å². The van der Waals surface area contributed by atoms with E-state index in [-0.39, 0.29) is 10.6 Å². The molecule has 0 unspecified atom stereocenters. The standard InChI is InChI=1S/C18H13BrN4O2/c1-21-17(13-5-3-7-15(9-13)23(24)25)11-22-10-16(20-18(21)22)12-4-2-6-14(19)8-12/h2-11H,1H3. The number of benzene rings is 2. The molecule has 0 bridgehead atoms. The highest BCUT2D eigenvalue weighted by Crippen LogP contribution is 2.28. The van der Waals surface area contributed by atoms with E-state index >= 15 is 0 Å². The maximum absolute atomic E-state index is 11.0. The van der Waals surface area contributed by atoms with E-state index in [0.717, 1.165) is 32.8 Å². The molecular formula is C18H13BrN4O2. The smallest absolute Gasteiger partial charge is 0.270 e. The molecule has 0 fully saturated rings. The molecule has 7 heteroatoms. The summed E-state index contributed by atoms with van der Waals surface area (Å²) in [6.07, 6.45) is 3.89. The third-order valence-electron chi connectivity index (χ3n) is 4.11. The van der Waals surface area contributed by atoms with Crippen LogP contribution in [-0.4, -0.2) is 18.9 Å². The molecule has 0 aliphatic carbocycles. The van der Waals surface area contributed by atoms with Crippen LogP contribution < -0.4 is 0 Å². The van der Waals surface area contributed by atoms with Crippen molar-refractivity contribution in [3.63, 3.8) is 0 Å². The number of imidazole rings is 2. The van der Waals surface area contributed by atoms with E-state index in [2.05, 4.69) is 15.9 Å². The van der Waals surface area contributed by atoms with Crippen LogP contribution in [0.2, 0.25) is 0 Å². The summed E-state index contributed by atoms with van der Waals surface area (Å²) in [5.41, 5.74) is 3.62. The fraction of sp³-hybridized carbons (Fsp3) is 0.0556. The fourth-order valence-corrected chi connectivity index (χ4v) is 3.29. The third kappa shape index (κ3) is 2.72. The lowest BCUT2D eigenvalue weighted by atomic mass is 10.1. The average molecular weight is 397 g/mol. The lowest BCUT2D eigenvalue weighted by Gasteiger charge is -2.03. The molecule has 2 heterocycles. The quantitative estimate of drug-likeness (QED) is 0.373. The van der Waals surface area contributed by atoms with Crippen molar-refractivity contribution in [2.24, 2.45) is 7.05 Å². The molecule has 0 saturated heterocycles.